The Morgan fingerprint density at radius 2 is 2.05 bits per heavy atom. The summed E-state index contributed by atoms with van der Waals surface area (Å²) < 4.78 is 31.6. The summed E-state index contributed by atoms with van der Waals surface area (Å²) in [6.45, 7) is 4.06. The predicted octanol–water partition coefficient (Wildman–Crippen LogP) is 1.48. The quantitative estimate of drug-likeness (QED) is 0.605. The van der Waals surface area contributed by atoms with Crippen molar-refractivity contribution < 1.29 is 17.9 Å². The summed E-state index contributed by atoms with van der Waals surface area (Å²) in [7, 11) is -2.66. The van der Waals surface area contributed by atoms with Crippen LogP contribution in [0.4, 0.5) is 5.69 Å². The van der Waals surface area contributed by atoms with Crippen LogP contribution in [0.2, 0.25) is 0 Å². The van der Waals surface area contributed by atoms with E-state index in [1.165, 1.54) is 37.1 Å². The van der Waals surface area contributed by atoms with Gasteiger partial charge in [0, 0.05) is 17.0 Å². The van der Waals surface area contributed by atoms with E-state index in [1.807, 2.05) is 20.1 Å². The molecule has 118 valence electrons. The number of methoxy groups -OCH3 is 1. The fourth-order valence-electron chi connectivity index (χ4n) is 1.46. The van der Waals surface area contributed by atoms with Gasteiger partial charge < -0.3 is 10.5 Å². The average Bonchev–Trinajstić information content (AvgIpc) is 2.44. The maximum Gasteiger partial charge on any atom is 0.339 e. The lowest BCUT2D eigenvalue weighted by Gasteiger charge is -2.22. The summed E-state index contributed by atoms with van der Waals surface area (Å²) >= 11 is 1.54. The highest BCUT2D eigenvalue weighted by Crippen LogP contribution is 2.23. The van der Waals surface area contributed by atoms with Gasteiger partial charge in [-0.25, -0.2) is 17.9 Å². The van der Waals surface area contributed by atoms with Gasteiger partial charge in [0.15, 0.2) is 0 Å². The van der Waals surface area contributed by atoms with Crippen LogP contribution in [0.1, 0.15) is 24.2 Å². The molecule has 0 aliphatic carbocycles. The molecule has 0 aliphatic heterocycles. The van der Waals surface area contributed by atoms with Crippen molar-refractivity contribution in [3.05, 3.63) is 23.8 Å². The molecule has 0 fully saturated rings. The Morgan fingerprint density at radius 1 is 1.43 bits per heavy atom. The Labute approximate surface area is 129 Å². The van der Waals surface area contributed by atoms with Crippen LogP contribution in [0, 0.1) is 0 Å². The second-order valence-corrected chi connectivity index (χ2v) is 8.28. The number of hydrogen-bond acceptors (Lipinski definition) is 6. The number of carbonyl (C=O) groups excluding carboxylic acids is 1. The molecule has 21 heavy (non-hydrogen) atoms. The Bertz CT molecular complexity index is 627. The maximum atomic E-state index is 12.4. The van der Waals surface area contributed by atoms with Gasteiger partial charge in [0.25, 0.3) is 0 Å². The molecule has 0 unspecified atom stereocenters. The number of ether oxygens (including phenoxy) is 1. The molecular weight excluding hydrogens is 312 g/mol. The van der Waals surface area contributed by atoms with Crippen LogP contribution >= 0.6 is 11.8 Å². The van der Waals surface area contributed by atoms with Gasteiger partial charge in [0.05, 0.1) is 17.6 Å². The number of thioether (sulfide) groups is 1. The number of sulfonamides is 1. The molecule has 0 bridgehead atoms. The number of nitrogen functional groups attached to an aromatic ring is 1. The molecule has 0 spiro atoms. The number of carbonyl (C=O) groups is 1. The number of nitrogens with one attached hydrogen (secondary N) is 1. The van der Waals surface area contributed by atoms with E-state index in [-0.39, 0.29) is 27.4 Å². The zero-order chi connectivity index (χ0) is 16.3. The van der Waals surface area contributed by atoms with Crippen molar-refractivity contribution in [3.8, 4) is 0 Å². The molecule has 0 aromatic heterocycles. The topological polar surface area (TPSA) is 98.5 Å². The van der Waals surface area contributed by atoms with Crippen LogP contribution < -0.4 is 10.5 Å². The van der Waals surface area contributed by atoms with E-state index in [4.69, 9.17) is 5.73 Å². The lowest BCUT2D eigenvalue weighted by molar-refractivity contribution is 0.0596. The first-order valence-corrected chi connectivity index (χ1v) is 8.86. The van der Waals surface area contributed by atoms with Crippen LogP contribution in [-0.4, -0.2) is 39.0 Å². The Kier molecular flexibility index (Phi) is 5.66. The zero-order valence-corrected chi connectivity index (χ0v) is 14.1. The minimum absolute atomic E-state index is 0.0406. The van der Waals surface area contributed by atoms with E-state index in [0.717, 1.165) is 0 Å². The molecule has 1 aromatic rings. The van der Waals surface area contributed by atoms with Gasteiger partial charge in [-0.05, 0) is 38.3 Å². The van der Waals surface area contributed by atoms with Crippen molar-refractivity contribution in [2.45, 2.75) is 23.5 Å². The highest BCUT2D eigenvalue weighted by atomic mass is 32.2. The number of anilines is 1. The SMILES string of the molecule is COC(=O)c1ccc(N)cc1S(=O)(=O)NCC(C)(C)SC. The van der Waals surface area contributed by atoms with Gasteiger partial charge in [-0.3, -0.25) is 0 Å². The first-order chi connectivity index (χ1) is 9.63. The smallest absolute Gasteiger partial charge is 0.339 e. The summed E-state index contributed by atoms with van der Waals surface area (Å²) in [6.07, 6.45) is 1.90. The average molecular weight is 332 g/mol. The van der Waals surface area contributed by atoms with Crippen molar-refractivity contribution >= 4 is 33.4 Å². The number of nitrogens with two attached hydrogens (primary N) is 1. The largest absolute Gasteiger partial charge is 0.465 e. The lowest BCUT2D eigenvalue weighted by atomic mass is 10.2. The fourth-order valence-corrected chi connectivity index (χ4v) is 3.20. The van der Waals surface area contributed by atoms with Gasteiger partial charge in [0.1, 0.15) is 0 Å². The first kappa shape index (κ1) is 17.8. The summed E-state index contributed by atoms with van der Waals surface area (Å²) in [5.41, 5.74) is 5.84. The minimum Gasteiger partial charge on any atom is -0.465 e. The van der Waals surface area contributed by atoms with E-state index in [0.29, 0.717) is 0 Å². The van der Waals surface area contributed by atoms with E-state index in [2.05, 4.69) is 9.46 Å². The van der Waals surface area contributed by atoms with E-state index < -0.39 is 16.0 Å². The molecule has 1 aromatic carbocycles. The van der Waals surface area contributed by atoms with Gasteiger partial charge in [-0.15, -0.1) is 0 Å². The molecular formula is C13H20N2O4S2. The number of rotatable bonds is 6. The highest BCUT2D eigenvalue weighted by molar-refractivity contribution is 8.00. The van der Waals surface area contributed by atoms with Gasteiger partial charge in [0.2, 0.25) is 10.0 Å². The van der Waals surface area contributed by atoms with Gasteiger partial charge >= 0.3 is 5.97 Å². The van der Waals surface area contributed by atoms with Crippen molar-refractivity contribution in [2.75, 3.05) is 25.6 Å². The molecule has 0 aliphatic rings. The van der Waals surface area contributed by atoms with Crippen LogP contribution in [0.3, 0.4) is 0 Å². The molecule has 0 saturated carbocycles. The molecule has 0 amide bonds. The van der Waals surface area contributed by atoms with Crippen molar-refractivity contribution in [1.82, 2.24) is 4.72 Å². The number of esters is 1. The van der Waals surface area contributed by atoms with Crippen molar-refractivity contribution in [2.24, 2.45) is 0 Å². The third kappa shape index (κ3) is 4.62. The summed E-state index contributed by atoms with van der Waals surface area (Å²) in [5, 5.41) is 0. The molecule has 0 radical (unpaired) electrons. The predicted molar refractivity (Wildman–Crippen MR) is 85.0 cm³/mol. The van der Waals surface area contributed by atoms with Gasteiger partial charge in [-0.2, -0.15) is 11.8 Å². The van der Waals surface area contributed by atoms with E-state index >= 15 is 0 Å². The Hall–Kier alpha value is -1.25. The van der Waals surface area contributed by atoms with Crippen molar-refractivity contribution in [1.29, 1.82) is 0 Å². The van der Waals surface area contributed by atoms with E-state index in [1.54, 1.807) is 0 Å². The molecule has 0 atom stereocenters. The molecule has 0 heterocycles. The summed E-state index contributed by atoms with van der Waals surface area (Å²) in [5.74, 6) is -0.723. The third-order valence-electron chi connectivity index (χ3n) is 2.94. The monoisotopic (exact) mass is 332 g/mol. The highest BCUT2D eigenvalue weighted by Gasteiger charge is 2.26. The van der Waals surface area contributed by atoms with Crippen molar-refractivity contribution in [3.63, 3.8) is 0 Å². The van der Waals surface area contributed by atoms with Crippen LogP contribution in [0.25, 0.3) is 0 Å². The molecule has 6 nitrogen and oxygen atoms in total. The summed E-state index contributed by atoms with van der Waals surface area (Å²) in [6, 6.07) is 4.05. The second kappa shape index (κ2) is 6.67. The number of hydrogen-bond donors (Lipinski definition) is 2. The second-order valence-electron chi connectivity index (χ2n) is 5.04. The van der Waals surface area contributed by atoms with Crippen LogP contribution in [-0.2, 0) is 14.8 Å². The first-order valence-electron chi connectivity index (χ1n) is 6.15. The number of benzene rings is 1. The summed E-state index contributed by atoms with van der Waals surface area (Å²) in [4.78, 5) is 11.5. The van der Waals surface area contributed by atoms with E-state index in [9.17, 15) is 13.2 Å². The lowest BCUT2D eigenvalue weighted by Crippen LogP contribution is -2.36. The van der Waals surface area contributed by atoms with Crippen LogP contribution in [0.5, 0.6) is 0 Å². The Morgan fingerprint density at radius 3 is 2.57 bits per heavy atom. The van der Waals surface area contributed by atoms with Gasteiger partial charge in [-0.1, -0.05) is 0 Å². The molecule has 1 rings (SSSR count). The minimum atomic E-state index is -3.86. The van der Waals surface area contributed by atoms with Crippen LogP contribution in [0.15, 0.2) is 23.1 Å². The molecule has 8 heteroatoms. The maximum absolute atomic E-state index is 12.4. The normalized spacial score (nSPS) is 12.2. The molecule has 3 N–H and O–H groups in total. The standard InChI is InChI=1S/C13H20N2O4S2/c1-13(2,20-4)8-15-21(17,18)11-7-9(14)5-6-10(11)12(16)19-3/h5-7,15H,8,14H2,1-4H3. The zero-order valence-electron chi connectivity index (χ0n) is 12.5. The Balaban J connectivity index is 3.19. The third-order valence-corrected chi connectivity index (χ3v) is 5.63. The molecule has 0 saturated heterocycles. The fraction of sp³-hybridized carbons (Fsp3) is 0.462.